The van der Waals surface area contributed by atoms with Gasteiger partial charge in [0.25, 0.3) is 0 Å². The quantitative estimate of drug-likeness (QED) is 0.529. The second-order valence-electron chi connectivity index (χ2n) is 12.4. The van der Waals surface area contributed by atoms with E-state index in [0.717, 1.165) is 36.2 Å². The van der Waals surface area contributed by atoms with Crippen molar-refractivity contribution in [2.24, 2.45) is 46.3 Å². The van der Waals surface area contributed by atoms with Gasteiger partial charge >= 0.3 is 0 Å². The highest BCUT2D eigenvalue weighted by molar-refractivity contribution is 5.31. The minimum absolute atomic E-state index is 0.0646. The van der Waals surface area contributed by atoms with Gasteiger partial charge in [-0.3, -0.25) is 0 Å². The topological polar surface area (TPSA) is 60.7 Å². The van der Waals surface area contributed by atoms with Crippen molar-refractivity contribution in [2.45, 2.75) is 111 Å². The minimum atomic E-state index is -0.801. The zero-order chi connectivity index (χ0) is 21.8. The fraction of sp³-hybridized carbons (Fsp3) is 0.926. The SMILES string of the molecule is CC(C)CCCC(C)C1CCC2C3C(O)C=C4C(O)C(O)CCC4(C)C3CCC12C. The molecular formula is C27H46O3. The van der Waals surface area contributed by atoms with Crippen LogP contribution in [-0.4, -0.2) is 33.6 Å². The molecule has 0 aromatic carbocycles. The molecule has 0 spiro atoms. The average molecular weight is 419 g/mol. The Hall–Kier alpha value is -0.380. The molecule has 4 rings (SSSR count). The Labute approximate surface area is 184 Å². The second kappa shape index (κ2) is 8.19. The molecular weight excluding hydrogens is 372 g/mol. The zero-order valence-corrected chi connectivity index (χ0v) is 20.0. The summed E-state index contributed by atoms with van der Waals surface area (Å²) >= 11 is 0. The fourth-order valence-electron chi connectivity index (χ4n) is 8.72. The normalized spacial score (nSPS) is 49.2. The highest BCUT2D eigenvalue weighted by Crippen LogP contribution is 2.67. The number of rotatable bonds is 5. The lowest BCUT2D eigenvalue weighted by molar-refractivity contribution is -0.112. The third-order valence-electron chi connectivity index (χ3n) is 10.4. The number of hydrogen-bond acceptors (Lipinski definition) is 3. The fourth-order valence-corrected chi connectivity index (χ4v) is 8.72. The molecule has 4 aliphatic carbocycles. The first-order valence-electron chi connectivity index (χ1n) is 12.9. The lowest BCUT2D eigenvalue weighted by atomic mass is 9.46. The summed E-state index contributed by atoms with van der Waals surface area (Å²) in [6.45, 7) is 12.0. The first-order valence-corrected chi connectivity index (χ1v) is 12.9. The van der Waals surface area contributed by atoms with Gasteiger partial charge in [-0.05, 0) is 90.4 Å². The molecule has 0 aromatic heterocycles. The van der Waals surface area contributed by atoms with Crippen LogP contribution in [0.25, 0.3) is 0 Å². The van der Waals surface area contributed by atoms with E-state index in [1.54, 1.807) is 0 Å². The standard InChI is InChI=1S/C27H46O3/c1-16(2)7-6-8-17(3)18-9-10-19-24-20(11-13-26(18,19)4)27(5)14-12-22(28)25(30)21(27)15-23(24)29/h15-20,22-25,28-30H,6-14H2,1-5H3. The Kier molecular flexibility index (Phi) is 6.23. The molecule has 3 nitrogen and oxygen atoms in total. The van der Waals surface area contributed by atoms with E-state index in [2.05, 4.69) is 34.6 Å². The summed E-state index contributed by atoms with van der Waals surface area (Å²) in [5.74, 6) is 3.67. The molecule has 3 N–H and O–H groups in total. The van der Waals surface area contributed by atoms with E-state index in [4.69, 9.17) is 0 Å². The zero-order valence-electron chi connectivity index (χ0n) is 20.0. The maximum atomic E-state index is 11.3. The van der Waals surface area contributed by atoms with Crippen LogP contribution in [0, 0.1) is 46.3 Å². The summed E-state index contributed by atoms with van der Waals surface area (Å²) in [4.78, 5) is 0. The smallest absolute Gasteiger partial charge is 0.101 e. The van der Waals surface area contributed by atoms with Crippen LogP contribution in [0.2, 0.25) is 0 Å². The Bertz CT molecular complexity index is 656. The summed E-state index contributed by atoms with van der Waals surface area (Å²) in [5, 5.41) is 32.2. The highest BCUT2D eigenvalue weighted by atomic mass is 16.3. The third kappa shape index (κ3) is 3.52. The van der Waals surface area contributed by atoms with Gasteiger partial charge in [0.05, 0.1) is 12.2 Å². The Morgan fingerprint density at radius 3 is 2.37 bits per heavy atom. The van der Waals surface area contributed by atoms with Crippen molar-refractivity contribution in [3.8, 4) is 0 Å². The van der Waals surface area contributed by atoms with Crippen LogP contribution in [0.4, 0.5) is 0 Å². The van der Waals surface area contributed by atoms with Crippen LogP contribution in [0.15, 0.2) is 11.6 Å². The third-order valence-corrected chi connectivity index (χ3v) is 10.4. The molecule has 3 saturated carbocycles. The van der Waals surface area contributed by atoms with Gasteiger partial charge in [0.1, 0.15) is 6.10 Å². The maximum absolute atomic E-state index is 11.3. The molecule has 0 aliphatic heterocycles. The van der Waals surface area contributed by atoms with Crippen molar-refractivity contribution in [3.63, 3.8) is 0 Å². The van der Waals surface area contributed by atoms with Crippen LogP contribution in [-0.2, 0) is 0 Å². The number of aliphatic hydroxyl groups excluding tert-OH is 3. The van der Waals surface area contributed by atoms with E-state index in [1.807, 2.05) is 6.08 Å². The van der Waals surface area contributed by atoms with Crippen LogP contribution in [0.5, 0.6) is 0 Å². The highest BCUT2D eigenvalue weighted by Gasteiger charge is 2.62. The van der Waals surface area contributed by atoms with E-state index in [9.17, 15) is 15.3 Å². The van der Waals surface area contributed by atoms with Gasteiger partial charge in [-0.15, -0.1) is 0 Å². The van der Waals surface area contributed by atoms with Crippen molar-refractivity contribution in [1.82, 2.24) is 0 Å². The van der Waals surface area contributed by atoms with Gasteiger partial charge in [-0.2, -0.15) is 0 Å². The van der Waals surface area contributed by atoms with E-state index in [0.29, 0.717) is 29.6 Å². The van der Waals surface area contributed by atoms with Gasteiger partial charge in [0.15, 0.2) is 0 Å². The molecule has 10 atom stereocenters. The molecule has 3 heteroatoms. The summed E-state index contributed by atoms with van der Waals surface area (Å²) in [5.41, 5.74) is 1.20. The maximum Gasteiger partial charge on any atom is 0.101 e. The average Bonchev–Trinajstić information content (AvgIpc) is 3.03. The molecule has 4 aliphatic rings. The lowest BCUT2D eigenvalue weighted by Crippen LogP contribution is -2.57. The Morgan fingerprint density at radius 2 is 1.67 bits per heavy atom. The van der Waals surface area contributed by atoms with E-state index < -0.39 is 18.3 Å². The molecule has 30 heavy (non-hydrogen) atoms. The van der Waals surface area contributed by atoms with Crippen molar-refractivity contribution < 1.29 is 15.3 Å². The summed E-state index contributed by atoms with van der Waals surface area (Å²) in [7, 11) is 0. The summed E-state index contributed by atoms with van der Waals surface area (Å²) in [6, 6.07) is 0. The van der Waals surface area contributed by atoms with Crippen LogP contribution < -0.4 is 0 Å². The minimum Gasteiger partial charge on any atom is -0.390 e. The number of aliphatic hydroxyl groups is 3. The molecule has 0 saturated heterocycles. The van der Waals surface area contributed by atoms with Gasteiger partial charge < -0.3 is 15.3 Å². The van der Waals surface area contributed by atoms with Gasteiger partial charge in [0.2, 0.25) is 0 Å². The van der Waals surface area contributed by atoms with E-state index >= 15 is 0 Å². The van der Waals surface area contributed by atoms with Crippen molar-refractivity contribution in [2.75, 3.05) is 0 Å². The monoisotopic (exact) mass is 418 g/mol. The molecule has 10 unspecified atom stereocenters. The first kappa shape index (κ1) is 22.8. The Morgan fingerprint density at radius 1 is 0.933 bits per heavy atom. The first-order chi connectivity index (χ1) is 14.1. The van der Waals surface area contributed by atoms with E-state index in [-0.39, 0.29) is 5.41 Å². The van der Waals surface area contributed by atoms with Crippen molar-refractivity contribution in [3.05, 3.63) is 11.6 Å². The van der Waals surface area contributed by atoms with Crippen LogP contribution in [0.3, 0.4) is 0 Å². The van der Waals surface area contributed by atoms with Gasteiger partial charge in [-0.25, -0.2) is 0 Å². The number of hydrogen-bond donors (Lipinski definition) is 3. The molecule has 0 amide bonds. The summed E-state index contributed by atoms with van der Waals surface area (Å²) < 4.78 is 0. The van der Waals surface area contributed by atoms with Crippen LogP contribution >= 0.6 is 0 Å². The molecule has 3 fully saturated rings. The Balaban J connectivity index is 1.56. The largest absolute Gasteiger partial charge is 0.390 e. The van der Waals surface area contributed by atoms with Crippen LogP contribution in [0.1, 0.15) is 92.4 Å². The van der Waals surface area contributed by atoms with E-state index in [1.165, 1.54) is 38.5 Å². The van der Waals surface area contributed by atoms with Crippen molar-refractivity contribution in [1.29, 1.82) is 0 Å². The molecule has 0 radical (unpaired) electrons. The number of fused-ring (bicyclic) bond motifs is 5. The molecule has 0 heterocycles. The van der Waals surface area contributed by atoms with Gasteiger partial charge in [0, 0.05) is 0 Å². The van der Waals surface area contributed by atoms with Crippen molar-refractivity contribution >= 4 is 0 Å². The molecule has 0 bridgehead atoms. The predicted octanol–water partition coefficient (Wildman–Crippen LogP) is 5.33. The summed E-state index contributed by atoms with van der Waals surface area (Å²) in [6.07, 6.45) is 10.6. The lowest BCUT2D eigenvalue weighted by Gasteiger charge is -2.60. The van der Waals surface area contributed by atoms with Gasteiger partial charge in [-0.1, -0.05) is 60.0 Å². The molecule has 0 aromatic rings. The molecule has 172 valence electrons. The predicted molar refractivity (Wildman–Crippen MR) is 122 cm³/mol. The second-order valence-corrected chi connectivity index (χ2v) is 12.4.